The molecule has 0 saturated carbocycles. The van der Waals surface area contributed by atoms with Gasteiger partial charge in [0.2, 0.25) is 5.82 Å². The zero-order valence-corrected chi connectivity index (χ0v) is 11.0. The summed E-state index contributed by atoms with van der Waals surface area (Å²) >= 11 is 0. The average Bonchev–Trinajstić information content (AvgIpc) is 2.38. The second-order valence-corrected chi connectivity index (χ2v) is 4.02. The monoisotopic (exact) mass is 288 g/mol. The minimum Gasteiger partial charge on any atom is -0.377 e. The minimum atomic E-state index is -1.26. The van der Waals surface area contributed by atoms with Gasteiger partial charge in [0.05, 0.1) is 22.7 Å². The molecule has 1 N–H and O–H groups in total. The van der Waals surface area contributed by atoms with Crippen molar-refractivity contribution in [2.45, 2.75) is 20.0 Å². The van der Waals surface area contributed by atoms with Crippen LogP contribution in [0.2, 0.25) is 0 Å². The molecule has 1 aromatic carbocycles. The van der Waals surface area contributed by atoms with Crippen LogP contribution in [0.4, 0.5) is 14.5 Å². The molecule has 0 spiro atoms. The number of carbonyl (C=O) groups excluding carboxylic acids is 1. The van der Waals surface area contributed by atoms with Crippen molar-refractivity contribution in [3.05, 3.63) is 39.4 Å². The number of amides is 1. The number of halogens is 2. The Kier molecular flexibility index (Phi) is 5.51. The lowest BCUT2D eigenvalue weighted by Gasteiger charge is -2.12. The number of nitro groups is 1. The standard InChI is InChI=1S/C12H14F2N2O4/c1-3-20-7(2)6-15-12(17)8-4-10(14)11(16(18)19)5-9(8)13/h4-5,7H,3,6H2,1-2H3,(H,15,17). The molecule has 0 bridgehead atoms. The highest BCUT2D eigenvalue weighted by Gasteiger charge is 2.22. The third-order valence-corrected chi connectivity index (χ3v) is 2.48. The van der Waals surface area contributed by atoms with Crippen molar-refractivity contribution in [1.29, 1.82) is 0 Å². The molecule has 1 unspecified atom stereocenters. The number of nitro benzene ring substituents is 1. The number of carbonyl (C=O) groups is 1. The van der Waals surface area contributed by atoms with Gasteiger partial charge in [-0.25, -0.2) is 4.39 Å². The van der Waals surface area contributed by atoms with E-state index in [0.717, 1.165) is 0 Å². The molecule has 0 fully saturated rings. The summed E-state index contributed by atoms with van der Waals surface area (Å²) in [5.74, 6) is -3.28. The molecular formula is C12H14F2N2O4. The molecule has 0 heterocycles. The fourth-order valence-electron chi connectivity index (χ4n) is 1.53. The number of ether oxygens (including phenoxy) is 1. The highest BCUT2D eigenvalue weighted by molar-refractivity contribution is 5.94. The van der Waals surface area contributed by atoms with Gasteiger partial charge in [-0.05, 0) is 19.9 Å². The van der Waals surface area contributed by atoms with E-state index < -0.39 is 33.7 Å². The zero-order chi connectivity index (χ0) is 15.3. The first kappa shape index (κ1) is 16.0. The van der Waals surface area contributed by atoms with Crippen LogP contribution >= 0.6 is 0 Å². The van der Waals surface area contributed by atoms with E-state index in [1.807, 2.05) is 0 Å². The third kappa shape index (κ3) is 3.95. The molecule has 0 aromatic heterocycles. The van der Waals surface area contributed by atoms with Crippen molar-refractivity contribution in [1.82, 2.24) is 5.32 Å². The van der Waals surface area contributed by atoms with Gasteiger partial charge in [0, 0.05) is 13.2 Å². The van der Waals surface area contributed by atoms with Gasteiger partial charge in [-0.1, -0.05) is 0 Å². The normalized spacial score (nSPS) is 12.0. The van der Waals surface area contributed by atoms with Crippen LogP contribution in [0.15, 0.2) is 12.1 Å². The molecular weight excluding hydrogens is 274 g/mol. The van der Waals surface area contributed by atoms with Crippen molar-refractivity contribution >= 4 is 11.6 Å². The van der Waals surface area contributed by atoms with Crippen molar-refractivity contribution in [2.75, 3.05) is 13.2 Å². The fourth-order valence-corrected chi connectivity index (χ4v) is 1.53. The second-order valence-electron chi connectivity index (χ2n) is 4.02. The third-order valence-electron chi connectivity index (χ3n) is 2.48. The predicted molar refractivity (Wildman–Crippen MR) is 66.4 cm³/mol. The van der Waals surface area contributed by atoms with Gasteiger partial charge in [0.1, 0.15) is 5.82 Å². The summed E-state index contributed by atoms with van der Waals surface area (Å²) in [5.41, 5.74) is -1.60. The molecule has 1 amide bonds. The highest BCUT2D eigenvalue weighted by atomic mass is 19.1. The predicted octanol–water partition coefficient (Wildman–Crippen LogP) is 2.03. The lowest BCUT2D eigenvalue weighted by molar-refractivity contribution is -0.387. The van der Waals surface area contributed by atoms with Crippen LogP contribution in [0.1, 0.15) is 24.2 Å². The van der Waals surface area contributed by atoms with Crippen molar-refractivity contribution in [2.24, 2.45) is 0 Å². The summed E-state index contributed by atoms with van der Waals surface area (Å²) in [6.45, 7) is 4.06. The Morgan fingerprint density at radius 1 is 1.45 bits per heavy atom. The van der Waals surface area contributed by atoms with Gasteiger partial charge >= 0.3 is 5.69 Å². The van der Waals surface area contributed by atoms with Gasteiger partial charge in [-0.3, -0.25) is 14.9 Å². The molecule has 20 heavy (non-hydrogen) atoms. The molecule has 1 aromatic rings. The van der Waals surface area contributed by atoms with E-state index in [-0.39, 0.29) is 12.6 Å². The van der Waals surface area contributed by atoms with Crippen LogP contribution in [-0.2, 0) is 4.74 Å². The van der Waals surface area contributed by atoms with Gasteiger partial charge < -0.3 is 10.1 Å². The van der Waals surface area contributed by atoms with Crippen molar-refractivity contribution in [3.8, 4) is 0 Å². The zero-order valence-electron chi connectivity index (χ0n) is 11.0. The van der Waals surface area contributed by atoms with Crippen LogP contribution in [-0.4, -0.2) is 30.1 Å². The Balaban J connectivity index is 2.84. The Labute approximate surface area is 113 Å². The molecule has 0 aliphatic heterocycles. The summed E-state index contributed by atoms with van der Waals surface area (Å²) in [6, 6.07) is 0.893. The lowest BCUT2D eigenvalue weighted by Crippen LogP contribution is -2.32. The van der Waals surface area contributed by atoms with Crippen LogP contribution in [0.5, 0.6) is 0 Å². The molecule has 110 valence electrons. The summed E-state index contributed by atoms with van der Waals surface area (Å²) < 4.78 is 32.1. The van der Waals surface area contributed by atoms with E-state index >= 15 is 0 Å². The van der Waals surface area contributed by atoms with Crippen LogP contribution in [0.3, 0.4) is 0 Å². The van der Waals surface area contributed by atoms with Crippen LogP contribution < -0.4 is 5.32 Å². The van der Waals surface area contributed by atoms with Crippen LogP contribution in [0.25, 0.3) is 0 Å². The maximum absolute atomic E-state index is 13.6. The average molecular weight is 288 g/mol. The van der Waals surface area contributed by atoms with E-state index in [0.29, 0.717) is 18.7 Å². The number of hydrogen-bond donors (Lipinski definition) is 1. The van der Waals surface area contributed by atoms with Gasteiger partial charge in [0.25, 0.3) is 5.91 Å². The summed E-state index contributed by atoms with van der Waals surface area (Å²) in [7, 11) is 0. The highest BCUT2D eigenvalue weighted by Crippen LogP contribution is 2.21. The SMILES string of the molecule is CCOC(C)CNC(=O)c1cc(F)c([N+](=O)[O-])cc1F. The van der Waals surface area contributed by atoms with Gasteiger partial charge in [-0.2, -0.15) is 4.39 Å². The number of benzene rings is 1. The minimum absolute atomic E-state index is 0.116. The number of nitrogens with one attached hydrogen (secondary N) is 1. The topological polar surface area (TPSA) is 81.5 Å². The summed E-state index contributed by atoms with van der Waals surface area (Å²) in [4.78, 5) is 21.0. The van der Waals surface area contributed by atoms with Crippen molar-refractivity contribution in [3.63, 3.8) is 0 Å². The first-order chi connectivity index (χ1) is 9.36. The maximum atomic E-state index is 13.6. The molecule has 1 rings (SSSR count). The van der Waals surface area contributed by atoms with E-state index in [1.54, 1.807) is 13.8 Å². The molecule has 6 nitrogen and oxygen atoms in total. The Hall–Kier alpha value is -2.09. The molecule has 0 aliphatic rings. The number of nitrogens with zero attached hydrogens (tertiary/aromatic N) is 1. The summed E-state index contributed by atoms with van der Waals surface area (Å²) in [5, 5.41) is 12.8. The molecule has 1 atom stereocenters. The first-order valence-corrected chi connectivity index (χ1v) is 5.90. The Morgan fingerprint density at radius 2 is 2.10 bits per heavy atom. The molecule has 0 radical (unpaired) electrons. The quantitative estimate of drug-likeness (QED) is 0.641. The molecule has 8 heteroatoms. The smallest absolute Gasteiger partial charge is 0.307 e. The fraction of sp³-hybridized carbons (Fsp3) is 0.417. The van der Waals surface area contributed by atoms with E-state index in [2.05, 4.69) is 5.32 Å². The summed E-state index contributed by atoms with van der Waals surface area (Å²) in [6.07, 6.45) is -0.282. The van der Waals surface area contributed by atoms with Crippen LogP contribution in [0, 0.1) is 21.7 Å². The Morgan fingerprint density at radius 3 is 2.65 bits per heavy atom. The Bertz CT molecular complexity index is 522. The maximum Gasteiger partial charge on any atom is 0.307 e. The lowest BCUT2D eigenvalue weighted by atomic mass is 10.1. The van der Waals surface area contributed by atoms with E-state index in [9.17, 15) is 23.7 Å². The largest absolute Gasteiger partial charge is 0.377 e. The van der Waals surface area contributed by atoms with Gasteiger partial charge in [-0.15, -0.1) is 0 Å². The van der Waals surface area contributed by atoms with Crippen molar-refractivity contribution < 1.29 is 23.2 Å². The van der Waals surface area contributed by atoms with E-state index in [1.165, 1.54) is 0 Å². The van der Waals surface area contributed by atoms with E-state index in [4.69, 9.17) is 4.74 Å². The molecule has 0 aliphatic carbocycles. The number of hydrogen-bond acceptors (Lipinski definition) is 4. The van der Waals surface area contributed by atoms with Gasteiger partial charge in [0.15, 0.2) is 0 Å². The first-order valence-electron chi connectivity index (χ1n) is 5.90. The second kappa shape index (κ2) is 6.90. The molecule has 0 saturated heterocycles. The number of rotatable bonds is 6.